The second-order valence-corrected chi connectivity index (χ2v) is 15.4. The van der Waals surface area contributed by atoms with E-state index >= 15 is 0 Å². The van der Waals surface area contributed by atoms with E-state index < -0.39 is 34.9 Å². The topological polar surface area (TPSA) is 122 Å². The third kappa shape index (κ3) is 9.86. The van der Waals surface area contributed by atoms with E-state index in [1.54, 1.807) is 23.1 Å². The highest BCUT2D eigenvalue weighted by Gasteiger charge is 2.46. The Morgan fingerprint density at radius 3 is 2.42 bits per heavy atom. The van der Waals surface area contributed by atoms with Crippen LogP contribution < -0.4 is 10.6 Å². The minimum Gasteiger partial charge on any atom is -0.379 e. The quantitative estimate of drug-likeness (QED) is 0.0536. The normalized spacial score (nSPS) is 17.9. The zero-order valence-electron chi connectivity index (χ0n) is 31.8. The fraction of sp³-hybridized carbons (Fsp3) is 0.512. The summed E-state index contributed by atoms with van der Waals surface area (Å²) in [7, 11) is 0. The van der Waals surface area contributed by atoms with Crippen LogP contribution in [0.4, 0.5) is 17.6 Å². The van der Waals surface area contributed by atoms with Crippen LogP contribution in [0.2, 0.25) is 0 Å². The first kappa shape index (κ1) is 41.7. The Bertz CT molecular complexity index is 1980. The molecule has 0 saturated carbocycles. The number of benzene rings is 2. The summed E-state index contributed by atoms with van der Waals surface area (Å²) in [6, 6.07) is 9.98. The average Bonchev–Trinajstić information content (AvgIpc) is 3.82. The molecule has 14 heteroatoms. The molecule has 55 heavy (non-hydrogen) atoms. The van der Waals surface area contributed by atoms with Gasteiger partial charge in [-0.2, -0.15) is 18.3 Å². The monoisotopic (exact) mass is 782 g/mol. The predicted molar refractivity (Wildman–Crippen MR) is 207 cm³/mol. The van der Waals surface area contributed by atoms with E-state index in [-0.39, 0.29) is 78.9 Å². The van der Waals surface area contributed by atoms with Crippen molar-refractivity contribution in [2.24, 2.45) is 23.7 Å². The number of thiocarbonyl (C=S) groups is 1. The fourth-order valence-corrected chi connectivity index (χ4v) is 8.04. The molecule has 9 nitrogen and oxygen atoms in total. The van der Waals surface area contributed by atoms with E-state index in [2.05, 4.69) is 25.7 Å². The Morgan fingerprint density at radius 1 is 1.02 bits per heavy atom. The lowest BCUT2D eigenvalue weighted by atomic mass is 9.72. The van der Waals surface area contributed by atoms with E-state index in [1.807, 2.05) is 27.7 Å². The summed E-state index contributed by atoms with van der Waals surface area (Å²) in [5.41, 5.74) is -0.972. The van der Waals surface area contributed by atoms with Crippen molar-refractivity contribution in [3.8, 4) is 0 Å². The molecule has 0 aliphatic heterocycles. The first-order valence-corrected chi connectivity index (χ1v) is 19.5. The molecule has 3 N–H and O–H groups in total. The molecule has 0 spiro atoms. The van der Waals surface area contributed by atoms with Gasteiger partial charge in [0.05, 0.1) is 16.1 Å². The molecular weight excluding hydrogens is 733 g/mol. The summed E-state index contributed by atoms with van der Waals surface area (Å²) in [5, 5.41) is 10.9. The van der Waals surface area contributed by atoms with Crippen LogP contribution in [0, 0.1) is 29.5 Å². The zero-order chi connectivity index (χ0) is 39.9. The number of ketones is 2. The molecule has 5 atom stereocenters. The number of amides is 1. The third-order valence-electron chi connectivity index (χ3n) is 11.4. The second-order valence-electron chi connectivity index (χ2n) is 15.0. The zero-order valence-corrected chi connectivity index (χ0v) is 32.6. The van der Waals surface area contributed by atoms with Gasteiger partial charge in [0.1, 0.15) is 29.8 Å². The van der Waals surface area contributed by atoms with Crippen molar-refractivity contribution in [2.45, 2.75) is 104 Å². The van der Waals surface area contributed by atoms with E-state index in [0.717, 1.165) is 12.5 Å². The Kier molecular flexibility index (Phi) is 13.6. The Hall–Kier alpha value is -4.46. The first-order valence-electron chi connectivity index (χ1n) is 19.1. The summed E-state index contributed by atoms with van der Waals surface area (Å²) in [4.78, 5) is 50.2. The number of aromatic amines is 1. The molecule has 5 rings (SSSR count). The maximum absolute atomic E-state index is 14.9. The van der Waals surface area contributed by atoms with Crippen molar-refractivity contribution >= 4 is 45.6 Å². The van der Waals surface area contributed by atoms with Crippen molar-refractivity contribution in [1.29, 1.82) is 0 Å². The van der Waals surface area contributed by atoms with E-state index in [9.17, 15) is 31.9 Å². The molecule has 1 amide bonds. The van der Waals surface area contributed by atoms with Gasteiger partial charge in [-0.3, -0.25) is 19.1 Å². The number of nitrogens with zero attached hydrogens (tertiary/aromatic N) is 3. The van der Waals surface area contributed by atoms with Crippen molar-refractivity contribution in [2.75, 3.05) is 6.54 Å². The summed E-state index contributed by atoms with van der Waals surface area (Å²) in [5.74, 6) is -3.05. The number of para-hydroxylation sites is 1. The Morgan fingerprint density at radius 2 is 1.75 bits per heavy atom. The number of halogens is 4. The lowest BCUT2D eigenvalue weighted by Gasteiger charge is -2.40. The molecule has 2 unspecified atom stereocenters. The summed E-state index contributed by atoms with van der Waals surface area (Å²) < 4.78 is 58.5. The van der Waals surface area contributed by atoms with Gasteiger partial charge in [-0.25, -0.2) is 9.37 Å². The molecule has 0 fully saturated rings. The van der Waals surface area contributed by atoms with E-state index in [4.69, 9.17) is 12.2 Å². The number of hydrogen-bond donors (Lipinski definition) is 3. The smallest absolute Gasteiger partial charge is 0.379 e. The minimum atomic E-state index is -4.60. The number of nitrogens with one attached hydrogen (secondary N) is 3. The Balaban J connectivity index is 1.45. The molecule has 2 aromatic heterocycles. The predicted octanol–water partition coefficient (Wildman–Crippen LogP) is 7.75. The number of hydrogen-bond acceptors (Lipinski definition) is 6. The van der Waals surface area contributed by atoms with Crippen LogP contribution >= 0.6 is 12.2 Å². The standard InChI is InChI=1S/C41H50F4N6O3S/c1-5-25(3)30(20-28(52)19-27-11-7-8-14-34(27)42)38(54)50-40(16-15-35-32(22-40)29-12-9-13-33(37(29)49-35)41(43,44)45)36(53)21-31(26(4)6-2)39(55)47-17-10-18-51-24-46-23-48-51/h7-9,11-14,23-26,30-31,49H,5-6,10,15-22H2,1-4H3,(H,47,55)(H,50,54)/t25?,26?,30-,31-,40+/m0/s1. The number of rotatable bonds is 18. The summed E-state index contributed by atoms with van der Waals surface area (Å²) in [6.45, 7) is 8.96. The SMILES string of the molecule is CCC(C)[C@H](CC(=O)Cc1ccccc1F)C(=O)N[C@]1(C(=O)C[C@H](C(=S)NCCCn2cncn2)C(C)CC)CCc2[nH]c3c(C(F)(F)F)cccc3c2C1. The minimum absolute atomic E-state index is 0.00235. The molecule has 0 radical (unpaired) electrons. The van der Waals surface area contributed by atoms with Crippen molar-refractivity contribution in [3.63, 3.8) is 0 Å². The van der Waals surface area contributed by atoms with Crippen molar-refractivity contribution in [1.82, 2.24) is 30.4 Å². The molecule has 4 aromatic rings. The van der Waals surface area contributed by atoms with Crippen molar-refractivity contribution in [3.05, 3.63) is 83.3 Å². The van der Waals surface area contributed by atoms with E-state index in [1.165, 1.54) is 30.6 Å². The number of carbonyl (C=O) groups excluding carboxylic acids is 3. The van der Waals surface area contributed by atoms with Gasteiger partial charge in [0.15, 0.2) is 5.78 Å². The Labute approximate surface area is 324 Å². The first-order chi connectivity index (χ1) is 26.2. The van der Waals surface area contributed by atoms with Crippen LogP contribution in [0.1, 0.15) is 88.6 Å². The molecule has 0 saturated heterocycles. The van der Waals surface area contributed by atoms with Crippen molar-refractivity contribution < 1.29 is 31.9 Å². The average molecular weight is 783 g/mol. The highest BCUT2D eigenvalue weighted by atomic mass is 32.1. The maximum Gasteiger partial charge on any atom is 0.418 e. The van der Waals surface area contributed by atoms with Crippen LogP contribution in [0.15, 0.2) is 55.1 Å². The summed E-state index contributed by atoms with van der Waals surface area (Å²) in [6.07, 6.45) is 0.461. The number of Topliss-reactive ketones (excluding diaryl/α,β-unsaturated/α-hetero) is 2. The molecular formula is C41H50F4N6O3S. The lowest BCUT2D eigenvalue weighted by Crippen LogP contribution is -2.60. The van der Waals surface area contributed by atoms with Gasteiger partial charge in [-0.15, -0.1) is 0 Å². The van der Waals surface area contributed by atoms with Crippen LogP contribution in [0.3, 0.4) is 0 Å². The summed E-state index contributed by atoms with van der Waals surface area (Å²) >= 11 is 5.88. The third-order valence-corrected chi connectivity index (χ3v) is 11.8. The number of H-pyrrole nitrogens is 1. The molecule has 1 aliphatic rings. The van der Waals surface area contributed by atoms with Crippen LogP contribution in [0.25, 0.3) is 10.9 Å². The van der Waals surface area contributed by atoms with Gasteiger partial charge in [-0.1, -0.05) is 83.1 Å². The number of aryl methyl sites for hydroxylation is 2. The molecule has 1 aliphatic carbocycles. The number of fused-ring (bicyclic) bond motifs is 3. The molecule has 2 aromatic carbocycles. The highest BCUT2D eigenvalue weighted by Crippen LogP contribution is 2.41. The van der Waals surface area contributed by atoms with Gasteiger partial charge in [0.2, 0.25) is 5.91 Å². The van der Waals surface area contributed by atoms with E-state index in [0.29, 0.717) is 47.6 Å². The maximum atomic E-state index is 14.9. The van der Waals surface area contributed by atoms with Gasteiger partial charge in [-0.05, 0) is 54.4 Å². The van der Waals surface area contributed by atoms with Crippen LogP contribution in [-0.2, 0) is 46.4 Å². The fourth-order valence-electron chi connectivity index (χ4n) is 7.62. The second kappa shape index (κ2) is 18.0. The largest absolute Gasteiger partial charge is 0.418 e. The van der Waals surface area contributed by atoms with Gasteiger partial charge < -0.3 is 15.6 Å². The molecule has 0 bridgehead atoms. The number of alkyl halides is 3. The highest BCUT2D eigenvalue weighted by molar-refractivity contribution is 7.80. The lowest BCUT2D eigenvalue weighted by molar-refractivity contribution is -0.137. The molecule has 2 heterocycles. The van der Waals surface area contributed by atoms with Crippen LogP contribution in [-0.4, -0.2) is 54.3 Å². The van der Waals surface area contributed by atoms with Gasteiger partial charge in [0.25, 0.3) is 0 Å². The van der Waals surface area contributed by atoms with Gasteiger partial charge in [0, 0.05) is 61.7 Å². The number of carbonyl (C=O) groups is 3. The molecule has 296 valence electrons. The number of aromatic nitrogens is 4. The van der Waals surface area contributed by atoms with Gasteiger partial charge >= 0.3 is 6.18 Å². The van der Waals surface area contributed by atoms with Crippen LogP contribution in [0.5, 0.6) is 0 Å².